The first-order chi connectivity index (χ1) is 14.4. The van der Waals surface area contributed by atoms with Gasteiger partial charge in [-0.2, -0.15) is 0 Å². The lowest BCUT2D eigenvalue weighted by atomic mass is 10.1. The fourth-order valence-corrected chi connectivity index (χ4v) is 4.27. The van der Waals surface area contributed by atoms with E-state index in [0.29, 0.717) is 16.5 Å². The molecule has 30 heavy (non-hydrogen) atoms. The summed E-state index contributed by atoms with van der Waals surface area (Å²) in [6.07, 6.45) is 1.20. The summed E-state index contributed by atoms with van der Waals surface area (Å²) in [5.74, 6) is 0.575. The molecule has 3 aromatic carbocycles. The normalized spacial score (nSPS) is 11.9. The van der Waals surface area contributed by atoms with Crippen LogP contribution in [0.3, 0.4) is 0 Å². The molecule has 5 aromatic rings. The van der Waals surface area contributed by atoms with Crippen molar-refractivity contribution < 1.29 is 8.42 Å². The van der Waals surface area contributed by atoms with Gasteiger partial charge in [0.15, 0.2) is 9.84 Å². The smallest absolute Gasteiger partial charge is 0.235 e. The minimum absolute atomic E-state index is 0.275. The summed E-state index contributed by atoms with van der Waals surface area (Å²) < 4.78 is 25.6. The summed E-state index contributed by atoms with van der Waals surface area (Å²) in [7, 11) is -3.26. The van der Waals surface area contributed by atoms with Gasteiger partial charge in [0.2, 0.25) is 5.78 Å². The van der Waals surface area contributed by atoms with E-state index >= 15 is 0 Å². The molecule has 0 radical (unpaired) electrons. The summed E-state index contributed by atoms with van der Waals surface area (Å²) in [6.45, 7) is 0. The molecule has 0 atom stereocenters. The number of halogens is 1. The topological polar surface area (TPSA) is 64.3 Å². The second kappa shape index (κ2) is 6.93. The van der Waals surface area contributed by atoms with E-state index in [4.69, 9.17) is 21.6 Å². The number of hydrogen-bond donors (Lipinski definition) is 0. The Balaban J connectivity index is 1.78. The first-order valence-corrected chi connectivity index (χ1v) is 11.5. The van der Waals surface area contributed by atoms with E-state index in [1.54, 1.807) is 24.3 Å². The molecule has 5 nitrogen and oxygen atoms in total. The van der Waals surface area contributed by atoms with Crippen LogP contribution in [0.15, 0.2) is 83.8 Å². The lowest BCUT2D eigenvalue weighted by Gasteiger charge is -2.10. The van der Waals surface area contributed by atoms with Crippen LogP contribution in [0.2, 0.25) is 5.02 Å². The van der Waals surface area contributed by atoms with E-state index < -0.39 is 9.84 Å². The fourth-order valence-electron chi connectivity index (χ4n) is 3.51. The van der Waals surface area contributed by atoms with Gasteiger partial charge in [0, 0.05) is 16.8 Å². The van der Waals surface area contributed by atoms with E-state index in [1.165, 1.54) is 6.26 Å². The standard InChI is InChI=1S/C23H16ClN3O2S/c1-30(28,29)18-12-8-15(9-13-18)20-14-22(16-6-10-17(24)11-7-16)27-21-5-3-2-4-19(21)25-23(27)26-20/h2-14H,1H3. The van der Waals surface area contributed by atoms with Crippen molar-refractivity contribution in [3.63, 3.8) is 0 Å². The number of benzene rings is 3. The third kappa shape index (κ3) is 3.24. The molecule has 0 fully saturated rings. The number of sulfone groups is 1. The van der Waals surface area contributed by atoms with E-state index in [-0.39, 0.29) is 4.90 Å². The van der Waals surface area contributed by atoms with Crippen LogP contribution in [0.4, 0.5) is 0 Å². The first kappa shape index (κ1) is 18.8. The second-order valence-corrected chi connectivity index (χ2v) is 9.52. The molecule has 7 heteroatoms. The molecule has 0 unspecified atom stereocenters. The van der Waals surface area contributed by atoms with Crippen molar-refractivity contribution in [1.29, 1.82) is 0 Å². The van der Waals surface area contributed by atoms with Gasteiger partial charge < -0.3 is 0 Å². The minimum Gasteiger partial charge on any atom is -0.276 e. The third-order valence-electron chi connectivity index (χ3n) is 5.00. The van der Waals surface area contributed by atoms with Gasteiger partial charge in [0.05, 0.1) is 27.3 Å². The Morgan fingerprint density at radius 1 is 0.833 bits per heavy atom. The van der Waals surface area contributed by atoms with Crippen LogP contribution in [-0.4, -0.2) is 29.0 Å². The monoisotopic (exact) mass is 433 g/mol. The van der Waals surface area contributed by atoms with Gasteiger partial charge in [-0.1, -0.05) is 48.0 Å². The average molecular weight is 434 g/mol. The summed E-state index contributed by atoms with van der Waals surface area (Å²) in [5.41, 5.74) is 5.24. The first-order valence-electron chi connectivity index (χ1n) is 9.25. The van der Waals surface area contributed by atoms with Crippen molar-refractivity contribution in [2.75, 3.05) is 6.26 Å². The van der Waals surface area contributed by atoms with Crippen molar-refractivity contribution in [2.24, 2.45) is 0 Å². The van der Waals surface area contributed by atoms with Crippen molar-refractivity contribution in [2.45, 2.75) is 4.90 Å². The highest BCUT2D eigenvalue weighted by molar-refractivity contribution is 7.90. The molecular formula is C23H16ClN3O2S. The zero-order valence-corrected chi connectivity index (χ0v) is 17.5. The Morgan fingerprint density at radius 3 is 2.20 bits per heavy atom. The quantitative estimate of drug-likeness (QED) is 0.388. The predicted molar refractivity (Wildman–Crippen MR) is 119 cm³/mol. The lowest BCUT2D eigenvalue weighted by molar-refractivity contribution is 0.602. The number of imidazole rings is 1. The van der Waals surface area contributed by atoms with Crippen LogP contribution in [0.25, 0.3) is 39.3 Å². The average Bonchev–Trinajstić information content (AvgIpc) is 3.12. The predicted octanol–water partition coefficient (Wildman–Crippen LogP) is 5.27. The Bertz CT molecular complexity index is 1510. The molecule has 0 N–H and O–H groups in total. The van der Waals surface area contributed by atoms with Crippen LogP contribution in [0.1, 0.15) is 0 Å². The van der Waals surface area contributed by atoms with Gasteiger partial charge in [-0.05, 0) is 48.0 Å². The Kier molecular flexibility index (Phi) is 4.34. The van der Waals surface area contributed by atoms with E-state index in [1.807, 2.05) is 59.0 Å². The minimum atomic E-state index is -3.26. The molecule has 0 saturated carbocycles. The van der Waals surface area contributed by atoms with Crippen molar-refractivity contribution in [1.82, 2.24) is 14.4 Å². The van der Waals surface area contributed by atoms with Gasteiger partial charge in [0.25, 0.3) is 0 Å². The molecule has 0 amide bonds. The van der Waals surface area contributed by atoms with Crippen molar-refractivity contribution in [3.05, 3.63) is 83.9 Å². The van der Waals surface area contributed by atoms with Crippen LogP contribution in [0, 0.1) is 0 Å². The molecule has 5 rings (SSSR count). The van der Waals surface area contributed by atoms with E-state index in [9.17, 15) is 8.42 Å². The highest BCUT2D eigenvalue weighted by atomic mass is 35.5. The van der Waals surface area contributed by atoms with Gasteiger partial charge in [-0.15, -0.1) is 0 Å². The van der Waals surface area contributed by atoms with Crippen LogP contribution < -0.4 is 0 Å². The van der Waals surface area contributed by atoms with Crippen molar-refractivity contribution in [3.8, 4) is 22.5 Å². The number of aromatic nitrogens is 3. The van der Waals surface area contributed by atoms with Gasteiger partial charge in [-0.25, -0.2) is 18.4 Å². The molecule has 0 aliphatic heterocycles. The summed E-state index contributed by atoms with van der Waals surface area (Å²) >= 11 is 6.09. The number of fused-ring (bicyclic) bond motifs is 3. The maximum atomic E-state index is 11.8. The highest BCUT2D eigenvalue weighted by Crippen LogP contribution is 2.30. The molecule has 0 spiro atoms. The molecule has 2 heterocycles. The van der Waals surface area contributed by atoms with Gasteiger partial charge in [-0.3, -0.25) is 4.40 Å². The van der Waals surface area contributed by atoms with Gasteiger partial charge in [0.1, 0.15) is 0 Å². The zero-order chi connectivity index (χ0) is 20.9. The molecule has 0 bridgehead atoms. The molecule has 0 saturated heterocycles. The van der Waals surface area contributed by atoms with Gasteiger partial charge >= 0.3 is 0 Å². The second-order valence-electron chi connectivity index (χ2n) is 7.07. The Labute approximate surface area is 178 Å². The van der Waals surface area contributed by atoms with E-state index in [2.05, 4.69) is 0 Å². The molecule has 0 aliphatic rings. The largest absolute Gasteiger partial charge is 0.276 e. The summed E-state index contributed by atoms with van der Waals surface area (Å²) in [4.78, 5) is 9.72. The van der Waals surface area contributed by atoms with Crippen molar-refractivity contribution >= 4 is 38.2 Å². The van der Waals surface area contributed by atoms with Crippen LogP contribution in [-0.2, 0) is 9.84 Å². The number of nitrogens with zero attached hydrogens (tertiary/aromatic N) is 3. The zero-order valence-electron chi connectivity index (χ0n) is 15.9. The van der Waals surface area contributed by atoms with Crippen LogP contribution in [0.5, 0.6) is 0 Å². The Hall–Kier alpha value is -3.22. The fraction of sp³-hybridized carbons (Fsp3) is 0.0435. The maximum absolute atomic E-state index is 11.8. The highest BCUT2D eigenvalue weighted by Gasteiger charge is 2.15. The van der Waals surface area contributed by atoms with Crippen LogP contribution >= 0.6 is 11.6 Å². The number of para-hydroxylation sites is 2. The summed E-state index contributed by atoms with van der Waals surface area (Å²) in [6, 6.07) is 24.2. The molecule has 148 valence electrons. The summed E-state index contributed by atoms with van der Waals surface area (Å²) in [5, 5.41) is 0.663. The third-order valence-corrected chi connectivity index (χ3v) is 6.38. The molecular weight excluding hydrogens is 418 g/mol. The molecule has 0 aliphatic carbocycles. The SMILES string of the molecule is CS(=O)(=O)c1ccc(-c2cc(-c3ccc(Cl)cc3)n3c(n2)nc2ccccc23)cc1. The van der Waals surface area contributed by atoms with E-state index in [0.717, 1.165) is 27.9 Å². The lowest BCUT2D eigenvalue weighted by Crippen LogP contribution is -1.99. The number of hydrogen-bond acceptors (Lipinski definition) is 4. The molecule has 2 aromatic heterocycles. The number of rotatable bonds is 3. The Morgan fingerprint density at radius 2 is 1.50 bits per heavy atom. The maximum Gasteiger partial charge on any atom is 0.235 e.